The molecule has 2 aromatic rings. The van der Waals surface area contributed by atoms with Crippen molar-refractivity contribution in [2.24, 2.45) is 0 Å². The van der Waals surface area contributed by atoms with E-state index in [-0.39, 0.29) is 18.2 Å². The largest absolute Gasteiger partial charge is 0.482 e. The number of hydrogen-bond acceptors (Lipinski definition) is 6. The van der Waals surface area contributed by atoms with Gasteiger partial charge in [0.05, 0.1) is 5.02 Å². The maximum Gasteiger partial charge on any atom is 0.407 e. The number of nitrogens with one attached hydrogen (secondary N) is 2. The summed E-state index contributed by atoms with van der Waals surface area (Å²) >= 11 is 11.9. The molecular weight excluding hydrogens is 507 g/mol. The van der Waals surface area contributed by atoms with Crippen LogP contribution >= 0.6 is 23.2 Å². The lowest BCUT2D eigenvalue weighted by atomic mass is 10.1. The molecule has 1 atom stereocenters. The van der Waals surface area contributed by atoms with Crippen LogP contribution in [0, 0.1) is 0 Å². The molecule has 0 radical (unpaired) electrons. The molecule has 196 valence electrons. The third-order valence-electron chi connectivity index (χ3n) is 4.68. The van der Waals surface area contributed by atoms with Gasteiger partial charge in [0.15, 0.2) is 6.61 Å². The number of alkyl carbamates (subject to hydrolysis) is 1. The van der Waals surface area contributed by atoms with Gasteiger partial charge in [0, 0.05) is 11.6 Å². The van der Waals surface area contributed by atoms with Crippen molar-refractivity contribution >= 4 is 41.2 Å². The van der Waals surface area contributed by atoms with Gasteiger partial charge in [-0.1, -0.05) is 53.5 Å². The van der Waals surface area contributed by atoms with Crippen molar-refractivity contribution < 1.29 is 28.6 Å². The Kier molecular flexibility index (Phi) is 11.8. The lowest BCUT2D eigenvalue weighted by Crippen LogP contribution is -2.45. The summed E-state index contributed by atoms with van der Waals surface area (Å²) in [7, 11) is 0. The van der Waals surface area contributed by atoms with Crippen LogP contribution in [0.25, 0.3) is 0 Å². The van der Waals surface area contributed by atoms with Crippen LogP contribution in [0.5, 0.6) is 5.75 Å². The van der Waals surface area contributed by atoms with Crippen LogP contribution in [0.1, 0.15) is 45.6 Å². The quantitative estimate of drug-likeness (QED) is 0.281. The molecule has 0 aromatic heterocycles. The summed E-state index contributed by atoms with van der Waals surface area (Å²) in [5.41, 5.74) is 0.184. The third-order valence-corrected chi connectivity index (χ3v) is 5.21. The van der Waals surface area contributed by atoms with E-state index in [1.54, 1.807) is 32.9 Å². The molecule has 0 aliphatic heterocycles. The van der Waals surface area contributed by atoms with Crippen molar-refractivity contribution in [1.29, 1.82) is 0 Å². The Hall–Kier alpha value is -2.97. The van der Waals surface area contributed by atoms with E-state index < -0.39 is 29.6 Å². The molecular formula is C26H32Cl2N2O6. The van der Waals surface area contributed by atoms with Gasteiger partial charge in [0.2, 0.25) is 0 Å². The topological polar surface area (TPSA) is 103 Å². The standard InChI is InChI=1S/C26H32Cl2N2O6/c1-26(2,3)36-24(32)21(30-23(31)17-34-22-13-12-19(27)15-20(22)28)11-7-8-14-29-25(33)35-16-18-9-5-4-6-10-18/h4-6,9-10,12-13,15,21H,7-8,11,14,16-17H2,1-3H3,(H,29,33)(H,30,31)/t21-/m1/s1. The molecule has 0 heterocycles. The Morgan fingerprint density at radius 1 is 1.00 bits per heavy atom. The van der Waals surface area contributed by atoms with E-state index in [9.17, 15) is 14.4 Å². The fraction of sp³-hybridized carbons (Fsp3) is 0.423. The molecule has 0 bridgehead atoms. The summed E-state index contributed by atoms with van der Waals surface area (Å²) in [6.07, 6.45) is 0.927. The monoisotopic (exact) mass is 538 g/mol. The second-order valence-corrected chi connectivity index (χ2v) is 9.84. The van der Waals surface area contributed by atoms with Crippen LogP contribution in [0.4, 0.5) is 4.79 Å². The molecule has 0 fully saturated rings. The molecule has 2 amide bonds. The molecule has 0 spiro atoms. The zero-order valence-electron chi connectivity index (χ0n) is 20.6. The Balaban J connectivity index is 1.78. The minimum atomic E-state index is -0.869. The lowest BCUT2D eigenvalue weighted by molar-refractivity contribution is -0.159. The molecule has 36 heavy (non-hydrogen) atoms. The number of halogens is 2. The first-order valence-electron chi connectivity index (χ1n) is 11.6. The van der Waals surface area contributed by atoms with Crippen LogP contribution in [-0.4, -0.2) is 42.8 Å². The van der Waals surface area contributed by atoms with Gasteiger partial charge in [-0.25, -0.2) is 9.59 Å². The van der Waals surface area contributed by atoms with E-state index in [1.165, 1.54) is 6.07 Å². The van der Waals surface area contributed by atoms with Crippen molar-refractivity contribution in [1.82, 2.24) is 10.6 Å². The van der Waals surface area contributed by atoms with E-state index in [4.69, 9.17) is 37.4 Å². The Morgan fingerprint density at radius 2 is 1.72 bits per heavy atom. The highest BCUT2D eigenvalue weighted by Gasteiger charge is 2.26. The molecule has 0 saturated heterocycles. The SMILES string of the molecule is CC(C)(C)OC(=O)[C@@H](CCCCNC(=O)OCc1ccccc1)NC(=O)COc1ccc(Cl)cc1Cl. The maximum absolute atomic E-state index is 12.6. The highest BCUT2D eigenvalue weighted by molar-refractivity contribution is 6.35. The van der Waals surface area contributed by atoms with Gasteiger partial charge in [0.25, 0.3) is 5.91 Å². The number of carbonyl (C=O) groups is 3. The highest BCUT2D eigenvalue weighted by atomic mass is 35.5. The number of esters is 1. The Morgan fingerprint density at radius 3 is 2.39 bits per heavy atom. The van der Waals surface area contributed by atoms with Crippen LogP contribution < -0.4 is 15.4 Å². The second-order valence-electron chi connectivity index (χ2n) is 9.00. The van der Waals surface area contributed by atoms with Crippen molar-refractivity contribution in [3.63, 3.8) is 0 Å². The van der Waals surface area contributed by atoms with Crippen molar-refractivity contribution in [3.8, 4) is 5.75 Å². The number of rotatable bonds is 12. The number of carbonyl (C=O) groups excluding carboxylic acids is 3. The maximum atomic E-state index is 12.6. The minimum absolute atomic E-state index is 0.183. The summed E-state index contributed by atoms with van der Waals surface area (Å²) < 4.78 is 16.1. The van der Waals surface area contributed by atoms with Gasteiger partial charge in [-0.15, -0.1) is 0 Å². The zero-order chi connectivity index (χ0) is 26.6. The molecule has 8 nitrogen and oxygen atoms in total. The van der Waals surface area contributed by atoms with Gasteiger partial charge in [0.1, 0.15) is 24.0 Å². The number of hydrogen-bond donors (Lipinski definition) is 2. The third kappa shape index (κ3) is 11.6. The van der Waals surface area contributed by atoms with Crippen molar-refractivity contribution in [2.45, 2.75) is 58.3 Å². The summed E-state index contributed by atoms with van der Waals surface area (Å²) in [5.74, 6) is -0.745. The first kappa shape index (κ1) is 29.3. The van der Waals surface area contributed by atoms with E-state index >= 15 is 0 Å². The van der Waals surface area contributed by atoms with Gasteiger partial charge < -0.3 is 24.8 Å². The highest BCUT2D eigenvalue weighted by Crippen LogP contribution is 2.27. The Bertz CT molecular complexity index is 1010. The molecule has 10 heteroatoms. The number of benzene rings is 2. The summed E-state index contributed by atoms with van der Waals surface area (Å²) in [4.78, 5) is 37.0. The van der Waals surface area contributed by atoms with Gasteiger partial charge in [-0.3, -0.25) is 4.79 Å². The molecule has 0 aliphatic carbocycles. The minimum Gasteiger partial charge on any atom is -0.482 e. The van der Waals surface area contributed by atoms with E-state index in [1.807, 2.05) is 30.3 Å². The average molecular weight is 539 g/mol. The van der Waals surface area contributed by atoms with Gasteiger partial charge in [-0.05, 0) is 63.8 Å². The van der Waals surface area contributed by atoms with Crippen LogP contribution in [0.3, 0.4) is 0 Å². The normalized spacial score (nSPS) is 11.8. The first-order chi connectivity index (χ1) is 17.0. The van der Waals surface area contributed by atoms with Crippen LogP contribution in [0.15, 0.2) is 48.5 Å². The molecule has 2 N–H and O–H groups in total. The van der Waals surface area contributed by atoms with Gasteiger partial charge >= 0.3 is 12.1 Å². The molecule has 0 saturated carbocycles. The van der Waals surface area contributed by atoms with Crippen molar-refractivity contribution in [2.75, 3.05) is 13.2 Å². The summed E-state index contributed by atoms with van der Waals surface area (Å²) in [6, 6.07) is 13.2. The predicted octanol–water partition coefficient (Wildman–Crippen LogP) is 5.30. The Labute approximate surface area is 221 Å². The molecule has 2 rings (SSSR count). The lowest BCUT2D eigenvalue weighted by Gasteiger charge is -2.24. The predicted molar refractivity (Wildman–Crippen MR) is 138 cm³/mol. The van der Waals surface area contributed by atoms with Gasteiger partial charge in [-0.2, -0.15) is 0 Å². The fourth-order valence-corrected chi connectivity index (χ4v) is 3.49. The van der Waals surface area contributed by atoms with E-state index in [0.29, 0.717) is 36.6 Å². The average Bonchev–Trinajstić information content (AvgIpc) is 2.80. The van der Waals surface area contributed by atoms with Crippen molar-refractivity contribution in [3.05, 3.63) is 64.1 Å². The van der Waals surface area contributed by atoms with E-state index in [0.717, 1.165) is 5.56 Å². The zero-order valence-corrected chi connectivity index (χ0v) is 22.2. The number of unbranched alkanes of at least 4 members (excludes halogenated alkanes) is 1. The fourth-order valence-electron chi connectivity index (χ4n) is 3.03. The number of ether oxygens (including phenoxy) is 3. The van der Waals surface area contributed by atoms with Crippen LogP contribution in [0.2, 0.25) is 10.0 Å². The summed E-state index contributed by atoms with van der Waals surface area (Å²) in [5, 5.41) is 6.05. The van der Waals surface area contributed by atoms with E-state index in [2.05, 4.69) is 10.6 Å². The molecule has 0 aliphatic rings. The van der Waals surface area contributed by atoms with Crippen LogP contribution in [-0.2, 0) is 25.7 Å². The first-order valence-corrected chi connectivity index (χ1v) is 12.3. The summed E-state index contributed by atoms with van der Waals surface area (Å²) in [6.45, 7) is 5.46. The molecule has 0 unspecified atom stereocenters. The number of amides is 2. The smallest absolute Gasteiger partial charge is 0.407 e. The second kappa shape index (κ2) is 14.6. The molecule has 2 aromatic carbocycles.